The first-order chi connectivity index (χ1) is 7.99. The summed E-state index contributed by atoms with van der Waals surface area (Å²) in [5.41, 5.74) is 0.432. The van der Waals surface area contributed by atoms with Gasteiger partial charge in [0, 0.05) is 6.20 Å². The van der Waals surface area contributed by atoms with E-state index >= 15 is 0 Å². The summed E-state index contributed by atoms with van der Waals surface area (Å²) in [6.07, 6.45) is -1.07. The molecular formula is C10H7ClF2N2O2. The first kappa shape index (κ1) is 11.8. The van der Waals surface area contributed by atoms with Gasteiger partial charge in [-0.05, 0) is 12.1 Å². The summed E-state index contributed by atoms with van der Waals surface area (Å²) in [6.45, 7) is -0.478. The molecule has 0 fully saturated rings. The van der Waals surface area contributed by atoms with Crippen molar-refractivity contribution in [3.05, 3.63) is 29.0 Å². The zero-order chi connectivity index (χ0) is 12.6. The molecule has 1 N–H and O–H groups in total. The Morgan fingerprint density at radius 1 is 1.59 bits per heavy atom. The molecule has 0 saturated heterocycles. The molecule has 0 radical (unpaired) electrons. The van der Waals surface area contributed by atoms with Crippen LogP contribution < -0.4 is 0 Å². The minimum Gasteiger partial charge on any atom is -0.476 e. The number of carboxylic acid groups (broad SMARTS) is 1. The SMILES string of the molecule is O=C(O)c1nc2ccn(CC(F)F)c2cc1Cl. The second-order valence-electron chi connectivity index (χ2n) is 3.39. The molecule has 0 amide bonds. The highest BCUT2D eigenvalue weighted by molar-refractivity contribution is 6.33. The van der Waals surface area contributed by atoms with Gasteiger partial charge < -0.3 is 9.67 Å². The molecule has 2 aromatic rings. The molecule has 4 nitrogen and oxygen atoms in total. The number of hydrogen-bond donors (Lipinski definition) is 1. The van der Waals surface area contributed by atoms with Gasteiger partial charge in [-0.2, -0.15) is 0 Å². The number of nitrogens with zero attached hydrogens (tertiary/aromatic N) is 2. The molecule has 0 spiro atoms. The van der Waals surface area contributed by atoms with Crippen molar-refractivity contribution in [2.24, 2.45) is 0 Å². The maximum absolute atomic E-state index is 12.3. The third-order valence-corrected chi connectivity index (χ3v) is 2.53. The molecule has 7 heteroatoms. The molecule has 90 valence electrons. The van der Waals surface area contributed by atoms with Crippen LogP contribution in [0.3, 0.4) is 0 Å². The number of carboxylic acids is 1. The Kier molecular flexibility index (Phi) is 2.97. The average Bonchev–Trinajstić information content (AvgIpc) is 2.59. The van der Waals surface area contributed by atoms with Crippen LogP contribution in [-0.4, -0.2) is 27.1 Å². The highest BCUT2D eigenvalue weighted by Gasteiger charge is 2.15. The average molecular weight is 261 g/mol. The Morgan fingerprint density at radius 2 is 2.29 bits per heavy atom. The van der Waals surface area contributed by atoms with Crippen molar-refractivity contribution < 1.29 is 18.7 Å². The topological polar surface area (TPSA) is 55.1 Å². The quantitative estimate of drug-likeness (QED) is 0.923. The van der Waals surface area contributed by atoms with Crippen LogP contribution in [0, 0.1) is 0 Å². The number of aromatic nitrogens is 2. The normalized spacial score (nSPS) is 11.3. The van der Waals surface area contributed by atoms with E-state index in [1.54, 1.807) is 0 Å². The van der Waals surface area contributed by atoms with E-state index in [2.05, 4.69) is 4.98 Å². The maximum Gasteiger partial charge on any atom is 0.356 e. The number of fused-ring (bicyclic) bond motifs is 1. The zero-order valence-corrected chi connectivity index (χ0v) is 9.16. The number of alkyl halides is 2. The van der Waals surface area contributed by atoms with Gasteiger partial charge in [0.05, 0.1) is 22.6 Å². The molecule has 0 aliphatic rings. The summed E-state index contributed by atoms with van der Waals surface area (Å²) in [4.78, 5) is 14.6. The van der Waals surface area contributed by atoms with Gasteiger partial charge in [0.15, 0.2) is 5.69 Å². The molecule has 0 atom stereocenters. The number of aromatic carboxylic acids is 1. The lowest BCUT2D eigenvalue weighted by Gasteiger charge is -2.05. The summed E-state index contributed by atoms with van der Waals surface area (Å²) in [5.74, 6) is -1.25. The van der Waals surface area contributed by atoms with E-state index in [1.165, 1.54) is 22.9 Å². The van der Waals surface area contributed by atoms with Crippen molar-refractivity contribution in [1.29, 1.82) is 0 Å². The van der Waals surface area contributed by atoms with E-state index in [-0.39, 0.29) is 10.7 Å². The smallest absolute Gasteiger partial charge is 0.356 e. The van der Waals surface area contributed by atoms with Crippen LogP contribution in [0.15, 0.2) is 18.3 Å². The van der Waals surface area contributed by atoms with E-state index in [1.807, 2.05) is 0 Å². The van der Waals surface area contributed by atoms with Crippen LogP contribution in [0.4, 0.5) is 8.78 Å². The summed E-state index contributed by atoms with van der Waals surface area (Å²) >= 11 is 5.72. The molecule has 0 aromatic carbocycles. The summed E-state index contributed by atoms with van der Waals surface area (Å²) < 4.78 is 25.8. The van der Waals surface area contributed by atoms with E-state index in [9.17, 15) is 13.6 Å². The Balaban J connectivity index is 2.56. The molecule has 0 bridgehead atoms. The van der Waals surface area contributed by atoms with Crippen LogP contribution >= 0.6 is 11.6 Å². The van der Waals surface area contributed by atoms with Crippen LogP contribution in [0.25, 0.3) is 11.0 Å². The van der Waals surface area contributed by atoms with Gasteiger partial charge in [-0.15, -0.1) is 0 Å². The zero-order valence-electron chi connectivity index (χ0n) is 8.40. The monoisotopic (exact) mass is 260 g/mol. The fourth-order valence-electron chi connectivity index (χ4n) is 1.54. The van der Waals surface area contributed by atoms with Gasteiger partial charge in [0.2, 0.25) is 0 Å². The predicted molar refractivity (Wildman–Crippen MR) is 57.7 cm³/mol. The van der Waals surface area contributed by atoms with E-state index < -0.39 is 18.9 Å². The lowest BCUT2D eigenvalue weighted by molar-refractivity contribution is 0.0691. The van der Waals surface area contributed by atoms with Crippen molar-refractivity contribution >= 4 is 28.6 Å². The Morgan fingerprint density at radius 3 is 2.88 bits per heavy atom. The Bertz CT molecular complexity index is 583. The second kappa shape index (κ2) is 4.29. The standard InChI is InChI=1S/C10H7ClF2N2O2/c11-5-3-7-6(14-9(5)10(16)17)1-2-15(7)4-8(12)13/h1-3,8H,4H2,(H,16,17). The molecule has 2 aromatic heterocycles. The van der Waals surface area contributed by atoms with E-state index in [0.717, 1.165) is 0 Å². The number of rotatable bonds is 3. The molecule has 17 heavy (non-hydrogen) atoms. The third kappa shape index (κ3) is 2.21. The van der Waals surface area contributed by atoms with Crippen LogP contribution in [0.1, 0.15) is 10.5 Å². The first-order valence-electron chi connectivity index (χ1n) is 4.66. The Labute approximate surface area is 99.4 Å². The van der Waals surface area contributed by atoms with Gasteiger partial charge >= 0.3 is 5.97 Å². The molecule has 0 aliphatic carbocycles. The lowest BCUT2D eigenvalue weighted by atomic mass is 10.3. The second-order valence-corrected chi connectivity index (χ2v) is 3.79. The molecule has 2 heterocycles. The number of pyridine rings is 1. The van der Waals surface area contributed by atoms with Gasteiger partial charge in [-0.3, -0.25) is 0 Å². The molecular weight excluding hydrogens is 254 g/mol. The highest BCUT2D eigenvalue weighted by Crippen LogP contribution is 2.22. The number of halogens is 3. The van der Waals surface area contributed by atoms with Crippen molar-refractivity contribution in [2.75, 3.05) is 0 Å². The van der Waals surface area contributed by atoms with Gasteiger partial charge in [0.25, 0.3) is 6.43 Å². The first-order valence-corrected chi connectivity index (χ1v) is 5.03. The molecule has 0 unspecified atom stereocenters. The van der Waals surface area contributed by atoms with Crippen molar-refractivity contribution in [3.63, 3.8) is 0 Å². The molecule has 0 aliphatic heterocycles. The minimum absolute atomic E-state index is 0.0702. The third-order valence-electron chi connectivity index (χ3n) is 2.24. The van der Waals surface area contributed by atoms with Crippen LogP contribution in [-0.2, 0) is 6.54 Å². The lowest BCUT2D eigenvalue weighted by Crippen LogP contribution is -2.06. The maximum atomic E-state index is 12.3. The minimum atomic E-state index is -2.50. The van der Waals surface area contributed by atoms with Crippen molar-refractivity contribution in [1.82, 2.24) is 9.55 Å². The number of carbonyl (C=O) groups is 1. The largest absolute Gasteiger partial charge is 0.476 e. The van der Waals surface area contributed by atoms with E-state index in [0.29, 0.717) is 11.0 Å². The van der Waals surface area contributed by atoms with Crippen LogP contribution in [0.5, 0.6) is 0 Å². The molecule has 2 rings (SSSR count). The predicted octanol–water partition coefficient (Wildman–Crippen LogP) is 2.65. The highest BCUT2D eigenvalue weighted by atomic mass is 35.5. The van der Waals surface area contributed by atoms with Crippen molar-refractivity contribution in [2.45, 2.75) is 13.0 Å². The Hall–Kier alpha value is -1.69. The van der Waals surface area contributed by atoms with Gasteiger partial charge in [-0.25, -0.2) is 18.6 Å². The molecule has 0 saturated carbocycles. The number of hydrogen-bond acceptors (Lipinski definition) is 2. The van der Waals surface area contributed by atoms with Crippen molar-refractivity contribution in [3.8, 4) is 0 Å². The van der Waals surface area contributed by atoms with Gasteiger partial charge in [0.1, 0.15) is 0 Å². The summed E-state index contributed by atoms with van der Waals surface area (Å²) in [6, 6.07) is 2.80. The fourth-order valence-corrected chi connectivity index (χ4v) is 1.77. The van der Waals surface area contributed by atoms with Gasteiger partial charge in [-0.1, -0.05) is 11.6 Å². The summed E-state index contributed by atoms with van der Waals surface area (Å²) in [7, 11) is 0. The van der Waals surface area contributed by atoms with E-state index in [4.69, 9.17) is 16.7 Å². The fraction of sp³-hybridized carbons (Fsp3) is 0.200. The summed E-state index contributed by atoms with van der Waals surface area (Å²) in [5, 5.41) is 8.73. The van der Waals surface area contributed by atoms with Crippen LogP contribution in [0.2, 0.25) is 5.02 Å².